The molecule has 1 aliphatic rings. The fraction of sp³-hybridized carbons (Fsp3) is 0.556. The Kier molecular flexibility index (Phi) is 7.98. The zero-order chi connectivity index (χ0) is 18.2. The number of β-amino-alcohol motifs (C(OH)–C–C–N with tert-alkyl or cyclic N) is 2. The van der Waals surface area contributed by atoms with Gasteiger partial charge in [-0.05, 0) is 5.56 Å². The Morgan fingerprint density at radius 2 is 1.88 bits per heavy atom. The van der Waals surface area contributed by atoms with E-state index in [9.17, 15) is 25.5 Å². The maximum atomic E-state index is 10.1. The van der Waals surface area contributed by atoms with E-state index in [-0.39, 0.29) is 26.3 Å². The van der Waals surface area contributed by atoms with Crippen molar-refractivity contribution in [1.29, 1.82) is 0 Å². The van der Waals surface area contributed by atoms with Crippen LogP contribution in [0, 0.1) is 0 Å². The number of nitrogens with zero attached hydrogens (tertiary/aromatic N) is 1. The van der Waals surface area contributed by atoms with Crippen LogP contribution < -0.4 is 0 Å². The van der Waals surface area contributed by atoms with Gasteiger partial charge in [0.1, 0.15) is 12.2 Å². The minimum absolute atomic E-state index is 0.0639. The van der Waals surface area contributed by atoms with Crippen LogP contribution in [-0.4, -0.2) is 93.8 Å². The summed E-state index contributed by atoms with van der Waals surface area (Å²) in [5.41, 5.74) is 1.06. The highest BCUT2D eigenvalue weighted by Gasteiger charge is 2.41. The normalized spacial score (nSPS) is 29.2. The fourth-order valence-corrected chi connectivity index (χ4v) is 2.93. The maximum absolute atomic E-state index is 10.1. The second-order valence-corrected chi connectivity index (χ2v) is 6.26. The molecule has 1 heterocycles. The number of piperidine rings is 1. The SMILES string of the molecule is OC[C@@H]1[C@@H](O)[C@H](O)[C@@H](O)CN1CC(O)COC/C=C/c1ccccc1. The van der Waals surface area contributed by atoms with E-state index in [0.717, 1.165) is 5.56 Å². The van der Waals surface area contributed by atoms with Crippen LogP contribution in [-0.2, 0) is 4.74 Å². The molecule has 1 unspecified atom stereocenters. The van der Waals surface area contributed by atoms with E-state index in [1.165, 1.54) is 0 Å². The van der Waals surface area contributed by atoms with Crippen LogP contribution in [0.4, 0.5) is 0 Å². The van der Waals surface area contributed by atoms with Gasteiger partial charge in [-0.1, -0.05) is 42.5 Å². The minimum atomic E-state index is -1.30. The average Bonchev–Trinajstić information content (AvgIpc) is 2.61. The second kappa shape index (κ2) is 9.98. The molecular formula is C18H27NO6. The van der Waals surface area contributed by atoms with E-state index < -0.39 is 30.5 Å². The van der Waals surface area contributed by atoms with Crippen LogP contribution in [0.2, 0.25) is 0 Å². The van der Waals surface area contributed by atoms with Crippen LogP contribution in [0.1, 0.15) is 5.56 Å². The van der Waals surface area contributed by atoms with Gasteiger partial charge in [0.15, 0.2) is 0 Å². The summed E-state index contributed by atoms with van der Waals surface area (Å²) in [6, 6.07) is 9.05. The second-order valence-electron chi connectivity index (χ2n) is 6.26. The van der Waals surface area contributed by atoms with Crippen molar-refractivity contribution in [3.05, 3.63) is 42.0 Å². The molecule has 5 N–H and O–H groups in total. The third kappa shape index (κ3) is 5.86. The van der Waals surface area contributed by atoms with Crippen molar-refractivity contribution in [3.8, 4) is 0 Å². The Balaban J connectivity index is 1.73. The Morgan fingerprint density at radius 1 is 1.16 bits per heavy atom. The number of hydrogen-bond acceptors (Lipinski definition) is 7. The van der Waals surface area contributed by atoms with Gasteiger partial charge in [-0.25, -0.2) is 0 Å². The highest BCUT2D eigenvalue weighted by atomic mass is 16.5. The summed E-state index contributed by atoms with van der Waals surface area (Å²) in [5, 5.41) is 48.8. The number of hydrogen-bond donors (Lipinski definition) is 5. The molecule has 5 atom stereocenters. The van der Waals surface area contributed by atoms with Gasteiger partial charge in [-0.3, -0.25) is 4.90 Å². The summed E-state index contributed by atoms with van der Waals surface area (Å²) < 4.78 is 5.40. The highest BCUT2D eigenvalue weighted by molar-refractivity contribution is 5.48. The van der Waals surface area contributed by atoms with Gasteiger partial charge >= 0.3 is 0 Å². The van der Waals surface area contributed by atoms with Crippen molar-refractivity contribution < 1.29 is 30.3 Å². The quantitative estimate of drug-likeness (QED) is 0.375. The zero-order valence-corrected chi connectivity index (χ0v) is 14.1. The van der Waals surface area contributed by atoms with Crippen molar-refractivity contribution in [3.63, 3.8) is 0 Å². The van der Waals surface area contributed by atoms with E-state index >= 15 is 0 Å². The number of aliphatic hydroxyl groups excluding tert-OH is 5. The number of rotatable bonds is 8. The van der Waals surface area contributed by atoms with Gasteiger partial charge in [0.25, 0.3) is 0 Å². The topological polar surface area (TPSA) is 114 Å². The van der Waals surface area contributed by atoms with Gasteiger partial charge in [-0.15, -0.1) is 0 Å². The van der Waals surface area contributed by atoms with Crippen molar-refractivity contribution in [2.45, 2.75) is 30.5 Å². The number of aliphatic hydroxyl groups is 5. The molecular weight excluding hydrogens is 326 g/mol. The summed E-state index contributed by atoms with van der Waals surface area (Å²) in [5.74, 6) is 0. The lowest BCUT2D eigenvalue weighted by molar-refractivity contribution is -0.151. The molecule has 1 aromatic rings. The summed E-state index contributed by atoms with van der Waals surface area (Å²) in [6.45, 7) is 0.239. The van der Waals surface area contributed by atoms with Gasteiger partial charge in [0.05, 0.1) is 38.1 Å². The molecule has 0 aromatic heterocycles. The van der Waals surface area contributed by atoms with Crippen LogP contribution in [0.15, 0.2) is 36.4 Å². The number of ether oxygens (including phenoxy) is 1. The standard InChI is InChI=1S/C18H27NO6/c20-11-15-17(23)18(24)16(22)10-19(15)9-14(21)12-25-8-4-7-13-5-2-1-3-6-13/h1-7,14-18,20-24H,8-12H2/b7-4+/t14?,15-,16+,17-,18-/m1/s1. The lowest BCUT2D eigenvalue weighted by Crippen LogP contribution is -2.63. The molecule has 0 radical (unpaired) electrons. The first-order valence-electron chi connectivity index (χ1n) is 8.39. The molecule has 7 nitrogen and oxygen atoms in total. The molecule has 1 fully saturated rings. The van der Waals surface area contributed by atoms with Gasteiger partial charge in [0, 0.05) is 13.1 Å². The third-order valence-electron chi connectivity index (χ3n) is 4.30. The Labute approximate surface area is 147 Å². The molecule has 2 rings (SSSR count). The maximum Gasteiger partial charge on any atom is 0.109 e. The van der Waals surface area contributed by atoms with Crippen molar-refractivity contribution in [1.82, 2.24) is 4.90 Å². The van der Waals surface area contributed by atoms with Crippen molar-refractivity contribution >= 4 is 6.08 Å². The molecule has 0 bridgehead atoms. The van der Waals surface area contributed by atoms with Crippen LogP contribution in [0.5, 0.6) is 0 Å². The Morgan fingerprint density at radius 3 is 2.56 bits per heavy atom. The molecule has 1 aliphatic heterocycles. The van der Waals surface area contributed by atoms with Gasteiger partial charge < -0.3 is 30.3 Å². The highest BCUT2D eigenvalue weighted by Crippen LogP contribution is 2.19. The van der Waals surface area contributed by atoms with Gasteiger partial charge in [-0.2, -0.15) is 0 Å². The number of benzene rings is 1. The van der Waals surface area contributed by atoms with Gasteiger partial charge in [0.2, 0.25) is 0 Å². The molecule has 140 valence electrons. The molecule has 25 heavy (non-hydrogen) atoms. The third-order valence-corrected chi connectivity index (χ3v) is 4.30. The molecule has 0 aliphatic carbocycles. The first kappa shape index (κ1) is 20.0. The molecule has 0 saturated carbocycles. The summed E-state index contributed by atoms with van der Waals surface area (Å²) >= 11 is 0. The largest absolute Gasteiger partial charge is 0.395 e. The molecule has 7 heteroatoms. The van der Waals surface area contributed by atoms with E-state index in [0.29, 0.717) is 6.61 Å². The monoisotopic (exact) mass is 353 g/mol. The van der Waals surface area contributed by atoms with Crippen molar-refractivity contribution in [2.24, 2.45) is 0 Å². The van der Waals surface area contributed by atoms with Crippen molar-refractivity contribution in [2.75, 3.05) is 32.9 Å². The lowest BCUT2D eigenvalue weighted by Gasteiger charge is -2.43. The first-order chi connectivity index (χ1) is 12.0. The first-order valence-corrected chi connectivity index (χ1v) is 8.39. The van der Waals surface area contributed by atoms with E-state index in [1.807, 2.05) is 42.5 Å². The smallest absolute Gasteiger partial charge is 0.109 e. The van der Waals surface area contributed by atoms with E-state index in [1.54, 1.807) is 4.90 Å². The Hall–Kier alpha value is -1.32. The molecule has 0 spiro atoms. The average molecular weight is 353 g/mol. The van der Waals surface area contributed by atoms with E-state index in [2.05, 4.69) is 0 Å². The lowest BCUT2D eigenvalue weighted by atomic mass is 9.94. The summed E-state index contributed by atoms with van der Waals surface area (Å²) in [7, 11) is 0. The predicted octanol–water partition coefficient (Wildman–Crippen LogP) is -1.16. The minimum Gasteiger partial charge on any atom is -0.395 e. The van der Waals surface area contributed by atoms with Crippen LogP contribution in [0.25, 0.3) is 6.08 Å². The summed E-state index contributed by atoms with van der Waals surface area (Å²) in [4.78, 5) is 1.57. The van der Waals surface area contributed by atoms with Crippen LogP contribution in [0.3, 0.4) is 0 Å². The molecule has 0 amide bonds. The zero-order valence-electron chi connectivity index (χ0n) is 14.1. The number of likely N-dealkylation sites (tertiary alicyclic amines) is 1. The summed E-state index contributed by atoms with van der Waals surface area (Å²) in [6.07, 6.45) is -0.759. The fourth-order valence-electron chi connectivity index (χ4n) is 2.93. The predicted molar refractivity (Wildman–Crippen MR) is 92.8 cm³/mol. The van der Waals surface area contributed by atoms with Crippen LogP contribution >= 0.6 is 0 Å². The molecule has 1 aromatic carbocycles. The van der Waals surface area contributed by atoms with E-state index in [4.69, 9.17) is 4.74 Å². The molecule has 1 saturated heterocycles. The Bertz CT molecular complexity index is 526.